The van der Waals surface area contributed by atoms with Gasteiger partial charge in [-0.1, -0.05) is 24.3 Å². The van der Waals surface area contributed by atoms with Crippen LogP contribution in [0.15, 0.2) is 30.3 Å². The normalized spacial score (nSPS) is 11.6. The van der Waals surface area contributed by atoms with Gasteiger partial charge in [-0.15, -0.1) is 0 Å². The zero-order chi connectivity index (χ0) is 12.7. The van der Waals surface area contributed by atoms with Gasteiger partial charge in [-0.3, -0.25) is 0 Å². The van der Waals surface area contributed by atoms with Gasteiger partial charge >= 0.3 is 0 Å². The summed E-state index contributed by atoms with van der Waals surface area (Å²) in [6.45, 7) is 4.21. The summed E-state index contributed by atoms with van der Waals surface area (Å²) in [5.74, 6) is -0.561. The molecule has 0 fully saturated rings. The van der Waals surface area contributed by atoms with Crippen LogP contribution in [0, 0.1) is 11.3 Å². The Morgan fingerprint density at radius 3 is 2.47 bits per heavy atom. The van der Waals surface area contributed by atoms with Crippen molar-refractivity contribution in [1.29, 1.82) is 5.26 Å². The second-order valence-corrected chi connectivity index (χ2v) is 4.05. The Hall–Kier alpha value is -1.63. The zero-order valence-corrected chi connectivity index (χ0v) is 10.4. The quantitative estimate of drug-likeness (QED) is 0.732. The van der Waals surface area contributed by atoms with Crippen molar-refractivity contribution in [3.8, 4) is 6.07 Å². The first-order valence-electron chi connectivity index (χ1n) is 5.43. The maximum Gasteiger partial charge on any atom is 0.162 e. The zero-order valence-electron chi connectivity index (χ0n) is 10.4. The second-order valence-electron chi connectivity index (χ2n) is 4.05. The van der Waals surface area contributed by atoms with Crippen LogP contribution in [0.5, 0.6) is 0 Å². The molecular formula is C14H17NO2. The molecule has 1 aromatic rings. The van der Waals surface area contributed by atoms with E-state index in [0.29, 0.717) is 12.2 Å². The van der Waals surface area contributed by atoms with Crippen LogP contribution >= 0.6 is 0 Å². The van der Waals surface area contributed by atoms with Crippen LogP contribution in [0.2, 0.25) is 0 Å². The minimum atomic E-state index is -0.561. The first-order valence-corrected chi connectivity index (χ1v) is 5.43. The van der Waals surface area contributed by atoms with Crippen LogP contribution in [-0.4, -0.2) is 19.5 Å². The minimum Gasteiger partial charge on any atom is -0.354 e. The lowest BCUT2D eigenvalue weighted by Gasteiger charge is -2.22. The molecule has 17 heavy (non-hydrogen) atoms. The Bertz CT molecular complexity index is 413. The Labute approximate surface area is 102 Å². The molecular weight excluding hydrogens is 214 g/mol. The van der Waals surface area contributed by atoms with Gasteiger partial charge in [0.05, 0.1) is 18.2 Å². The van der Waals surface area contributed by atoms with E-state index < -0.39 is 5.79 Å². The second kappa shape index (κ2) is 6.19. The van der Waals surface area contributed by atoms with Gasteiger partial charge in [-0.05, 0) is 31.5 Å². The largest absolute Gasteiger partial charge is 0.354 e. The van der Waals surface area contributed by atoms with Crippen molar-refractivity contribution in [2.45, 2.75) is 19.6 Å². The standard InChI is InChI=1S/C14H17NO2/c1-14(2,16-3)17-10-4-5-12-6-8-13(11-15)9-7-12/h4-9H,10H2,1-3H3. The third-order valence-electron chi connectivity index (χ3n) is 2.37. The molecule has 0 aliphatic rings. The monoisotopic (exact) mass is 231 g/mol. The van der Waals surface area contributed by atoms with Gasteiger partial charge in [-0.25, -0.2) is 0 Å². The molecule has 3 heteroatoms. The van der Waals surface area contributed by atoms with Crippen molar-refractivity contribution in [2.24, 2.45) is 0 Å². The van der Waals surface area contributed by atoms with E-state index >= 15 is 0 Å². The van der Waals surface area contributed by atoms with Crippen LogP contribution < -0.4 is 0 Å². The Kier molecular flexibility index (Phi) is 4.89. The number of nitriles is 1. The van der Waals surface area contributed by atoms with Gasteiger partial charge < -0.3 is 9.47 Å². The van der Waals surface area contributed by atoms with Crippen LogP contribution in [0.25, 0.3) is 6.08 Å². The molecule has 0 saturated heterocycles. The van der Waals surface area contributed by atoms with Crippen molar-refractivity contribution in [2.75, 3.05) is 13.7 Å². The van der Waals surface area contributed by atoms with Gasteiger partial charge in [-0.2, -0.15) is 5.26 Å². The maximum atomic E-state index is 8.66. The van der Waals surface area contributed by atoms with Crippen LogP contribution in [0.3, 0.4) is 0 Å². The fourth-order valence-electron chi connectivity index (χ4n) is 1.16. The highest BCUT2D eigenvalue weighted by atomic mass is 16.7. The van der Waals surface area contributed by atoms with Crippen molar-refractivity contribution < 1.29 is 9.47 Å². The fraction of sp³-hybridized carbons (Fsp3) is 0.357. The molecule has 0 aromatic heterocycles. The van der Waals surface area contributed by atoms with Gasteiger partial charge in [0.2, 0.25) is 0 Å². The summed E-state index contributed by atoms with van der Waals surface area (Å²) in [7, 11) is 1.62. The number of hydrogen-bond donors (Lipinski definition) is 0. The number of methoxy groups -OCH3 is 1. The number of ether oxygens (including phenoxy) is 2. The number of hydrogen-bond acceptors (Lipinski definition) is 3. The molecule has 0 aliphatic carbocycles. The van der Waals surface area contributed by atoms with Crippen molar-refractivity contribution in [1.82, 2.24) is 0 Å². The van der Waals surface area contributed by atoms with Gasteiger partial charge in [0, 0.05) is 7.11 Å². The average Bonchev–Trinajstić information content (AvgIpc) is 2.35. The molecule has 0 amide bonds. The van der Waals surface area contributed by atoms with E-state index in [4.69, 9.17) is 14.7 Å². The highest BCUT2D eigenvalue weighted by Crippen LogP contribution is 2.10. The number of rotatable bonds is 5. The lowest BCUT2D eigenvalue weighted by atomic mass is 10.1. The van der Waals surface area contributed by atoms with Crippen molar-refractivity contribution in [3.05, 3.63) is 41.5 Å². The van der Waals surface area contributed by atoms with Crippen molar-refractivity contribution in [3.63, 3.8) is 0 Å². The van der Waals surface area contributed by atoms with Gasteiger partial charge in [0.25, 0.3) is 0 Å². The Morgan fingerprint density at radius 2 is 1.94 bits per heavy atom. The molecule has 0 bridgehead atoms. The lowest BCUT2D eigenvalue weighted by Crippen LogP contribution is -2.26. The molecule has 0 aliphatic heterocycles. The van der Waals surface area contributed by atoms with E-state index in [1.165, 1.54) is 0 Å². The predicted octanol–water partition coefficient (Wildman–Crippen LogP) is 2.97. The van der Waals surface area contributed by atoms with E-state index in [2.05, 4.69) is 6.07 Å². The average molecular weight is 231 g/mol. The van der Waals surface area contributed by atoms with Crippen LogP contribution in [-0.2, 0) is 9.47 Å². The van der Waals surface area contributed by atoms with Gasteiger partial charge in [0.15, 0.2) is 5.79 Å². The minimum absolute atomic E-state index is 0.487. The predicted molar refractivity (Wildman–Crippen MR) is 67.2 cm³/mol. The summed E-state index contributed by atoms with van der Waals surface area (Å²) >= 11 is 0. The molecule has 1 rings (SSSR count). The molecule has 0 spiro atoms. The third-order valence-corrected chi connectivity index (χ3v) is 2.37. The Balaban J connectivity index is 2.46. The van der Waals surface area contributed by atoms with E-state index in [0.717, 1.165) is 5.56 Å². The molecule has 0 radical (unpaired) electrons. The summed E-state index contributed by atoms with van der Waals surface area (Å²) in [5, 5.41) is 8.66. The molecule has 0 N–H and O–H groups in total. The SMILES string of the molecule is COC(C)(C)OCC=Cc1ccc(C#N)cc1. The highest BCUT2D eigenvalue weighted by Gasteiger charge is 2.14. The van der Waals surface area contributed by atoms with Crippen molar-refractivity contribution >= 4 is 6.08 Å². The summed E-state index contributed by atoms with van der Waals surface area (Å²) in [6, 6.07) is 9.46. The number of nitrogens with zero attached hydrogens (tertiary/aromatic N) is 1. The molecule has 0 heterocycles. The molecule has 0 unspecified atom stereocenters. The fourth-order valence-corrected chi connectivity index (χ4v) is 1.16. The first kappa shape index (κ1) is 13.4. The van der Waals surface area contributed by atoms with E-state index in [-0.39, 0.29) is 0 Å². The molecule has 3 nitrogen and oxygen atoms in total. The molecule has 90 valence electrons. The maximum absolute atomic E-state index is 8.66. The van der Waals surface area contributed by atoms with E-state index in [1.807, 2.05) is 38.1 Å². The number of benzene rings is 1. The molecule has 0 atom stereocenters. The van der Waals surface area contributed by atoms with Crippen LogP contribution in [0.1, 0.15) is 25.0 Å². The van der Waals surface area contributed by atoms with Crippen LogP contribution in [0.4, 0.5) is 0 Å². The third kappa shape index (κ3) is 4.81. The summed E-state index contributed by atoms with van der Waals surface area (Å²) in [4.78, 5) is 0. The van der Waals surface area contributed by atoms with Gasteiger partial charge in [0.1, 0.15) is 0 Å². The van der Waals surface area contributed by atoms with E-state index in [9.17, 15) is 0 Å². The first-order chi connectivity index (χ1) is 8.07. The molecule has 0 saturated carbocycles. The Morgan fingerprint density at radius 1 is 1.29 bits per heavy atom. The summed E-state index contributed by atoms with van der Waals surface area (Å²) in [6.07, 6.45) is 3.87. The highest BCUT2D eigenvalue weighted by molar-refractivity contribution is 5.50. The summed E-state index contributed by atoms with van der Waals surface area (Å²) in [5.41, 5.74) is 1.71. The lowest BCUT2D eigenvalue weighted by molar-refractivity contribution is -0.189. The molecule has 1 aromatic carbocycles. The topological polar surface area (TPSA) is 42.2 Å². The van der Waals surface area contributed by atoms with E-state index in [1.54, 1.807) is 19.2 Å². The smallest absolute Gasteiger partial charge is 0.162 e. The summed E-state index contributed by atoms with van der Waals surface area (Å²) < 4.78 is 10.6.